The molecule has 2 atom stereocenters. The third kappa shape index (κ3) is 4.92. The molecular weight excluding hydrogens is 246 g/mol. The van der Waals surface area contributed by atoms with E-state index >= 15 is 0 Å². The lowest BCUT2D eigenvalue weighted by molar-refractivity contribution is 0.0182. The lowest BCUT2D eigenvalue weighted by Gasteiger charge is -2.37. The van der Waals surface area contributed by atoms with Gasteiger partial charge in [0.1, 0.15) is 0 Å². The minimum Gasteiger partial charge on any atom is -0.388 e. The zero-order chi connectivity index (χ0) is 15.2. The molecule has 0 saturated carbocycles. The van der Waals surface area contributed by atoms with E-state index in [9.17, 15) is 5.11 Å². The molecule has 0 saturated heterocycles. The quantitative estimate of drug-likeness (QED) is 0.773. The highest BCUT2D eigenvalue weighted by Crippen LogP contribution is 2.34. The molecule has 0 fully saturated rings. The molecule has 0 aliphatic carbocycles. The molecule has 0 aliphatic heterocycles. The van der Waals surface area contributed by atoms with E-state index in [1.807, 2.05) is 30.3 Å². The first kappa shape index (κ1) is 17.2. The second-order valence-electron chi connectivity index (χ2n) is 6.64. The van der Waals surface area contributed by atoms with Gasteiger partial charge in [0.05, 0.1) is 6.10 Å². The van der Waals surface area contributed by atoms with Crippen molar-refractivity contribution in [2.75, 3.05) is 19.6 Å². The maximum Gasteiger partial charge on any atom is 0.0853 e. The summed E-state index contributed by atoms with van der Waals surface area (Å²) in [6, 6.07) is 10.00. The molecular formula is C18H31NO. The standard InChI is InChI=1S/C18H31NO/c1-6-15(3)13-19(7-2)14-18(4,5)17(20)16-11-9-8-10-12-16/h8-12,15,17,20H,6-7,13-14H2,1-5H3. The van der Waals surface area contributed by atoms with E-state index in [0.717, 1.165) is 25.2 Å². The number of hydrogen-bond donors (Lipinski definition) is 1. The zero-order valence-electron chi connectivity index (χ0n) is 13.8. The van der Waals surface area contributed by atoms with Crippen LogP contribution in [-0.4, -0.2) is 29.6 Å². The lowest BCUT2D eigenvalue weighted by atomic mass is 9.82. The summed E-state index contributed by atoms with van der Waals surface area (Å²) in [5.74, 6) is 0.708. The Hall–Kier alpha value is -0.860. The first-order chi connectivity index (χ1) is 9.40. The van der Waals surface area contributed by atoms with Gasteiger partial charge in [0, 0.05) is 18.5 Å². The number of benzene rings is 1. The van der Waals surface area contributed by atoms with Gasteiger partial charge in [-0.05, 0) is 18.0 Å². The fourth-order valence-electron chi connectivity index (χ4n) is 2.62. The number of hydrogen-bond acceptors (Lipinski definition) is 2. The van der Waals surface area contributed by atoms with Crippen LogP contribution < -0.4 is 0 Å². The van der Waals surface area contributed by atoms with Crippen molar-refractivity contribution in [1.29, 1.82) is 0 Å². The molecule has 2 heteroatoms. The number of aliphatic hydroxyl groups excluding tert-OH is 1. The maximum atomic E-state index is 10.7. The minimum atomic E-state index is -0.422. The monoisotopic (exact) mass is 277 g/mol. The SMILES string of the molecule is CCC(C)CN(CC)CC(C)(C)C(O)c1ccccc1. The Morgan fingerprint density at radius 3 is 2.25 bits per heavy atom. The average molecular weight is 277 g/mol. The van der Waals surface area contributed by atoms with Crippen LogP contribution in [0.5, 0.6) is 0 Å². The van der Waals surface area contributed by atoms with Gasteiger partial charge in [0.2, 0.25) is 0 Å². The summed E-state index contributed by atoms with van der Waals surface area (Å²) < 4.78 is 0. The Kier molecular flexibility index (Phi) is 6.70. The van der Waals surface area contributed by atoms with Crippen molar-refractivity contribution in [3.63, 3.8) is 0 Å². The molecule has 0 aliphatic rings. The van der Waals surface area contributed by atoms with Crippen molar-refractivity contribution in [2.24, 2.45) is 11.3 Å². The second-order valence-corrected chi connectivity index (χ2v) is 6.64. The molecule has 2 unspecified atom stereocenters. The van der Waals surface area contributed by atoms with Crippen LogP contribution in [0.3, 0.4) is 0 Å². The fraction of sp³-hybridized carbons (Fsp3) is 0.667. The molecule has 0 heterocycles. The Morgan fingerprint density at radius 1 is 1.15 bits per heavy atom. The number of nitrogens with zero attached hydrogens (tertiary/aromatic N) is 1. The van der Waals surface area contributed by atoms with E-state index in [4.69, 9.17) is 0 Å². The van der Waals surface area contributed by atoms with Gasteiger partial charge in [-0.1, -0.05) is 71.4 Å². The fourth-order valence-corrected chi connectivity index (χ4v) is 2.62. The van der Waals surface area contributed by atoms with Crippen molar-refractivity contribution >= 4 is 0 Å². The van der Waals surface area contributed by atoms with Crippen LogP contribution in [-0.2, 0) is 0 Å². The molecule has 0 bridgehead atoms. The van der Waals surface area contributed by atoms with E-state index in [1.165, 1.54) is 6.42 Å². The highest BCUT2D eigenvalue weighted by Gasteiger charge is 2.31. The molecule has 1 aromatic rings. The van der Waals surface area contributed by atoms with E-state index in [1.54, 1.807) is 0 Å². The molecule has 0 amide bonds. The summed E-state index contributed by atoms with van der Waals surface area (Å²) in [6.07, 6.45) is 0.785. The van der Waals surface area contributed by atoms with Crippen LogP contribution in [0.25, 0.3) is 0 Å². The van der Waals surface area contributed by atoms with Crippen LogP contribution in [0.1, 0.15) is 52.7 Å². The van der Waals surface area contributed by atoms with Crippen LogP contribution in [0.15, 0.2) is 30.3 Å². The van der Waals surface area contributed by atoms with Gasteiger partial charge in [0.15, 0.2) is 0 Å². The smallest absolute Gasteiger partial charge is 0.0853 e. The van der Waals surface area contributed by atoms with E-state index < -0.39 is 6.10 Å². The zero-order valence-corrected chi connectivity index (χ0v) is 13.8. The molecule has 0 spiro atoms. The summed E-state index contributed by atoms with van der Waals surface area (Å²) in [7, 11) is 0. The summed E-state index contributed by atoms with van der Waals surface area (Å²) >= 11 is 0. The molecule has 2 nitrogen and oxygen atoms in total. The van der Waals surface area contributed by atoms with Gasteiger partial charge in [-0.2, -0.15) is 0 Å². The highest BCUT2D eigenvalue weighted by atomic mass is 16.3. The Balaban J connectivity index is 2.71. The van der Waals surface area contributed by atoms with Crippen molar-refractivity contribution in [1.82, 2.24) is 4.90 Å². The topological polar surface area (TPSA) is 23.5 Å². The molecule has 1 N–H and O–H groups in total. The van der Waals surface area contributed by atoms with Gasteiger partial charge in [0.25, 0.3) is 0 Å². The Bertz CT molecular complexity index is 374. The van der Waals surface area contributed by atoms with Crippen molar-refractivity contribution in [3.05, 3.63) is 35.9 Å². The van der Waals surface area contributed by atoms with E-state index in [0.29, 0.717) is 5.92 Å². The van der Waals surface area contributed by atoms with Crippen molar-refractivity contribution in [3.8, 4) is 0 Å². The van der Waals surface area contributed by atoms with Crippen molar-refractivity contribution < 1.29 is 5.11 Å². The molecule has 1 aromatic carbocycles. The molecule has 0 radical (unpaired) electrons. The minimum absolute atomic E-state index is 0.148. The van der Waals surface area contributed by atoms with Gasteiger partial charge < -0.3 is 10.0 Å². The van der Waals surface area contributed by atoms with Crippen LogP contribution in [0.4, 0.5) is 0 Å². The number of aliphatic hydroxyl groups is 1. The largest absolute Gasteiger partial charge is 0.388 e. The predicted molar refractivity (Wildman–Crippen MR) is 86.8 cm³/mol. The summed E-state index contributed by atoms with van der Waals surface area (Å²) in [5, 5.41) is 10.7. The van der Waals surface area contributed by atoms with Crippen molar-refractivity contribution in [2.45, 2.75) is 47.1 Å². The molecule has 114 valence electrons. The van der Waals surface area contributed by atoms with E-state index in [-0.39, 0.29) is 5.41 Å². The molecule has 20 heavy (non-hydrogen) atoms. The molecule has 0 aromatic heterocycles. The Morgan fingerprint density at radius 2 is 1.75 bits per heavy atom. The summed E-state index contributed by atoms with van der Waals surface area (Å²) in [6.45, 7) is 14.1. The third-order valence-corrected chi connectivity index (χ3v) is 4.20. The first-order valence-corrected chi connectivity index (χ1v) is 7.86. The van der Waals surface area contributed by atoms with Gasteiger partial charge in [-0.25, -0.2) is 0 Å². The van der Waals surface area contributed by atoms with Gasteiger partial charge >= 0.3 is 0 Å². The van der Waals surface area contributed by atoms with Gasteiger partial charge in [-0.15, -0.1) is 0 Å². The lowest BCUT2D eigenvalue weighted by Crippen LogP contribution is -2.40. The normalized spacial score (nSPS) is 15.3. The van der Waals surface area contributed by atoms with Gasteiger partial charge in [-0.3, -0.25) is 0 Å². The third-order valence-electron chi connectivity index (χ3n) is 4.20. The Labute approximate surface area is 124 Å². The maximum absolute atomic E-state index is 10.7. The van der Waals surface area contributed by atoms with Crippen LogP contribution in [0.2, 0.25) is 0 Å². The first-order valence-electron chi connectivity index (χ1n) is 7.86. The predicted octanol–water partition coefficient (Wildman–Crippen LogP) is 4.11. The average Bonchev–Trinajstić information content (AvgIpc) is 2.46. The number of rotatable bonds is 8. The van der Waals surface area contributed by atoms with Crippen LogP contribution in [0, 0.1) is 11.3 Å². The summed E-state index contributed by atoms with van der Waals surface area (Å²) in [5.41, 5.74) is 0.863. The second kappa shape index (κ2) is 7.80. The molecule has 1 rings (SSSR count). The van der Waals surface area contributed by atoms with E-state index in [2.05, 4.69) is 39.5 Å². The van der Waals surface area contributed by atoms with Crippen LogP contribution >= 0.6 is 0 Å². The highest BCUT2D eigenvalue weighted by molar-refractivity contribution is 5.19. The summed E-state index contributed by atoms with van der Waals surface area (Å²) in [4.78, 5) is 2.46.